The monoisotopic (exact) mass is 281 g/mol. The zero-order chi connectivity index (χ0) is 13.9. The molecule has 0 radical (unpaired) electrons. The lowest BCUT2D eigenvalue weighted by molar-refractivity contribution is -0.124. The van der Waals surface area contributed by atoms with E-state index in [0.717, 1.165) is 30.8 Å². The molecule has 1 aliphatic heterocycles. The van der Waals surface area contributed by atoms with Gasteiger partial charge in [0.25, 0.3) is 0 Å². The number of hydrazine groups is 1. The van der Waals surface area contributed by atoms with E-state index in [1.54, 1.807) is 18.0 Å². The van der Waals surface area contributed by atoms with Gasteiger partial charge in [0.2, 0.25) is 5.91 Å². The summed E-state index contributed by atoms with van der Waals surface area (Å²) in [6, 6.07) is 2.18. The Hall–Kier alpha value is -1.39. The van der Waals surface area contributed by atoms with Gasteiger partial charge in [-0.15, -0.1) is 0 Å². The van der Waals surface area contributed by atoms with Gasteiger partial charge in [-0.1, -0.05) is 0 Å². The molecule has 7 heteroatoms. The zero-order valence-corrected chi connectivity index (χ0v) is 11.6. The molecule has 0 aromatic heterocycles. The van der Waals surface area contributed by atoms with Crippen LogP contribution in [0.2, 0.25) is 0 Å². The SMILES string of the molecule is N#CC1(N(N)/C=C(\N)CNC(=O)C2CCSC2)CC1. The van der Waals surface area contributed by atoms with E-state index < -0.39 is 5.54 Å². The predicted octanol–water partition coefficient (Wildman–Crippen LogP) is -0.112. The van der Waals surface area contributed by atoms with E-state index in [4.69, 9.17) is 16.8 Å². The van der Waals surface area contributed by atoms with Gasteiger partial charge in [0.05, 0.1) is 12.6 Å². The van der Waals surface area contributed by atoms with Crippen LogP contribution in [-0.2, 0) is 4.79 Å². The normalized spacial score (nSPS) is 24.6. The molecule has 1 amide bonds. The number of nitriles is 1. The molecule has 2 fully saturated rings. The van der Waals surface area contributed by atoms with Gasteiger partial charge >= 0.3 is 0 Å². The molecule has 19 heavy (non-hydrogen) atoms. The third kappa shape index (κ3) is 3.33. The van der Waals surface area contributed by atoms with Gasteiger partial charge in [0.15, 0.2) is 0 Å². The molecular weight excluding hydrogens is 262 g/mol. The second-order valence-electron chi connectivity index (χ2n) is 5.03. The quantitative estimate of drug-likeness (QED) is 0.479. The van der Waals surface area contributed by atoms with Gasteiger partial charge in [0, 0.05) is 23.6 Å². The fourth-order valence-electron chi connectivity index (χ4n) is 1.97. The smallest absolute Gasteiger partial charge is 0.224 e. The molecule has 1 atom stereocenters. The molecule has 0 aromatic rings. The van der Waals surface area contributed by atoms with Crippen LogP contribution < -0.4 is 16.9 Å². The Balaban J connectivity index is 1.79. The first kappa shape index (κ1) is 14.0. The van der Waals surface area contributed by atoms with Crippen molar-refractivity contribution >= 4 is 17.7 Å². The Morgan fingerprint density at radius 3 is 2.89 bits per heavy atom. The van der Waals surface area contributed by atoms with Crippen molar-refractivity contribution < 1.29 is 4.79 Å². The summed E-state index contributed by atoms with van der Waals surface area (Å²) < 4.78 is 0. The van der Waals surface area contributed by atoms with E-state index in [-0.39, 0.29) is 18.4 Å². The highest BCUT2D eigenvalue weighted by Crippen LogP contribution is 2.39. The molecule has 1 aliphatic carbocycles. The minimum Gasteiger partial charge on any atom is -0.399 e. The van der Waals surface area contributed by atoms with Crippen LogP contribution in [-0.4, -0.2) is 34.5 Å². The highest BCUT2D eigenvalue weighted by molar-refractivity contribution is 7.99. The molecule has 0 bridgehead atoms. The highest BCUT2D eigenvalue weighted by Gasteiger charge is 2.47. The first-order valence-corrected chi connectivity index (χ1v) is 7.50. The van der Waals surface area contributed by atoms with Crippen LogP contribution in [0.25, 0.3) is 0 Å². The van der Waals surface area contributed by atoms with Crippen molar-refractivity contribution in [2.24, 2.45) is 17.5 Å². The first-order chi connectivity index (χ1) is 9.07. The number of rotatable bonds is 5. The summed E-state index contributed by atoms with van der Waals surface area (Å²) in [6.07, 6.45) is 3.99. The number of hydrogen-bond donors (Lipinski definition) is 3. The van der Waals surface area contributed by atoms with E-state index in [0.29, 0.717) is 5.70 Å². The van der Waals surface area contributed by atoms with E-state index in [9.17, 15) is 4.79 Å². The molecular formula is C12H19N5OS. The zero-order valence-electron chi connectivity index (χ0n) is 10.8. The third-order valence-electron chi connectivity index (χ3n) is 3.50. The number of carbonyl (C=O) groups is 1. The fourth-order valence-corrected chi connectivity index (χ4v) is 3.19. The van der Waals surface area contributed by atoms with Crippen LogP contribution >= 0.6 is 11.8 Å². The summed E-state index contributed by atoms with van der Waals surface area (Å²) in [5.74, 6) is 7.87. The van der Waals surface area contributed by atoms with Gasteiger partial charge in [-0.25, -0.2) is 5.84 Å². The maximum Gasteiger partial charge on any atom is 0.224 e. The molecule has 5 N–H and O–H groups in total. The largest absolute Gasteiger partial charge is 0.399 e. The molecule has 104 valence electrons. The Morgan fingerprint density at radius 1 is 1.63 bits per heavy atom. The van der Waals surface area contributed by atoms with Crippen LogP contribution in [0.1, 0.15) is 19.3 Å². The molecule has 0 spiro atoms. The molecule has 6 nitrogen and oxygen atoms in total. The number of thioether (sulfide) groups is 1. The lowest BCUT2D eigenvalue weighted by atomic mass is 10.1. The molecule has 2 rings (SSSR count). The van der Waals surface area contributed by atoms with Crippen molar-refractivity contribution in [1.29, 1.82) is 5.26 Å². The standard InChI is InChI=1S/C12H19N5OS/c13-8-12(2-3-12)17(15)6-10(14)5-16-11(18)9-1-4-19-7-9/h6,9H,1-5,7,14-15H2,(H,16,18)/b10-6-. The summed E-state index contributed by atoms with van der Waals surface area (Å²) in [5, 5.41) is 13.2. The van der Waals surface area contributed by atoms with E-state index >= 15 is 0 Å². The highest BCUT2D eigenvalue weighted by atomic mass is 32.2. The number of amides is 1. The maximum absolute atomic E-state index is 11.8. The molecule has 1 saturated carbocycles. The van der Waals surface area contributed by atoms with Gasteiger partial charge in [-0.2, -0.15) is 17.0 Å². The maximum atomic E-state index is 11.8. The first-order valence-electron chi connectivity index (χ1n) is 6.34. The predicted molar refractivity (Wildman–Crippen MR) is 74.3 cm³/mol. The van der Waals surface area contributed by atoms with Crippen LogP contribution in [0.15, 0.2) is 11.9 Å². The number of nitrogens with zero attached hydrogens (tertiary/aromatic N) is 2. The second-order valence-corrected chi connectivity index (χ2v) is 6.18. The number of nitrogens with two attached hydrogens (primary N) is 2. The molecule has 0 aromatic carbocycles. The lowest BCUT2D eigenvalue weighted by Gasteiger charge is -2.20. The average Bonchev–Trinajstić information content (AvgIpc) is 3.02. The van der Waals surface area contributed by atoms with E-state index in [1.807, 2.05) is 0 Å². The number of carbonyl (C=O) groups excluding carboxylic acids is 1. The van der Waals surface area contributed by atoms with Gasteiger partial charge in [0.1, 0.15) is 5.54 Å². The van der Waals surface area contributed by atoms with Crippen molar-refractivity contribution in [3.05, 3.63) is 11.9 Å². The Morgan fingerprint density at radius 2 is 2.37 bits per heavy atom. The van der Waals surface area contributed by atoms with Crippen LogP contribution in [0, 0.1) is 17.2 Å². The summed E-state index contributed by atoms with van der Waals surface area (Å²) in [5.41, 5.74) is 5.69. The number of nitrogens with one attached hydrogen (secondary N) is 1. The van der Waals surface area contributed by atoms with Gasteiger partial charge in [-0.3, -0.25) is 9.80 Å². The van der Waals surface area contributed by atoms with Crippen molar-refractivity contribution in [2.75, 3.05) is 18.1 Å². The summed E-state index contributed by atoms with van der Waals surface area (Å²) in [4.78, 5) is 11.8. The molecule has 1 unspecified atom stereocenters. The number of hydrogen-bond acceptors (Lipinski definition) is 6. The van der Waals surface area contributed by atoms with Crippen LogP contribution in [0.3, 0.4) is 0 Å². The van der Waals surface area contributed by atoms with Crippen molar-refractivity contribution in [3.8, 4) is 6.07 Å². The van der Waals surface area contributed by atoms with Crippen LogP contribution in [0.4, 0.5) is 0 Å². The van der Waals surface area contributed by atoms with E-state index in [1.165, 1.54) is 5.01 Å². The molecule has 2 aliphatic rings. The lowest BCUT2D eigenvalue weighted by Crippen LogP contribution is -2.40. The minimum absolute atomic E-state index is 0.0475. The van der Waals surface area contributed by atoms with Crippen LogP contribution in [0.5, 0.6) is 0 Å². The molecule has 1 heterocycles. The summed E-state index contributed by atoms with van der Waals surface area (Å²) in [6.45, 7) is 0.273. The topological polar surface area (TPSA) is 108 Å². The minimum atomic E-state index is -0.587. The second kappa shape index (κ2) is 5.72. The Labute approximate surface area is 117 Å². The Kier molecular flexibility index (Phi) is 4.22. The van der Waals surface area contributed by atoms with Gasteiger partial charge in [-0.05, 0) is 25.0 Å². The van der Waals surface area contributed by atoms with Crippen molar-refractivity contribution in [3.63, 3.8) is 0 Å². The van der Waals surface area contributed by atoms with E-state index in [2.05, 4.69) is 11.4 Å². The summed E-state index contributed by atoms with van der Waals surface area (Å²) >= 11 is 1.80. The Bertz CT molecular complexity index is 420. The van der Waals surface area contributed by atoms with Crippen molar-refractivity contribution in [1.82, 2.24) is 10.3 Å². The third-order valence-corrected chi connectivity index (χ3v) is 4.66. The van der Waals surface area contributed by atoms with Crippen molar-refractivity contribution in [2.45, 2.75) is 24.8 Å². The fraction of sp³-hybridized carbons (Fsp3) is 0.667. The average molecular weight is 281 g/mol. The molecule has 1 saturated heterocycles. The summed E-state index contributed by atoms with van der Waals surface area (Å²) in [7, 11) is 0. The van der Waals surface area contributed by atoms with Gasteiger partial charge < -0.3 is 11.1 Å².